The zero-order valence-corrected chi connectivity index (χ0v) is 16.7. The van der Waals surface area contributed by atoms with Crippen LogP contribution in [0.25, 0.3) is 0 Å². The first kappa shape index (κ1) is 18.2. The van der Waals surface area contributed by atoms with Gasteiger partial charge in [-0.25, -0.2) is 0 Å². The van der Waals surface area contributed by atoms with E-state index in [4.69, 9.17) is 4.42 Å². The summed E-state index contributed by atoms with van der Waals surface area (Å²) in [6.07, 6.45) is 8.24. The number of piperazine rings is 1. The van der Waals surface area contributed by atoms with Gasteiger partial charge >= 0.3 is 0 Å². The highest BCUT2D eigenvalue weighted by Crippen LogP contribution is 2.53. The minimum absolute atomic E-state index is 0.0599. The standard InChI is InChI=1S/C22H31N3O3/c1-14(24-4-6-25(7-5-24)22(27)19-3-2-8-28-19)21(26)23-20-17-10-15-9-16(12-17)13-18(20)11-15/h2-3,8,14-18,20H,4-7,9-13H2,1H3,(H,23,26). The van der Waals surface area contributed by atoms with Crippen LogP contribution in [0.15, 0.2) is 22.8 Å². The molecule has 2 amide bonds. The highest BCUT2D eigenvalue weighted by molar-refractivity contribution is 5.91. The molecule has 0 radical (unpaired) electrons. The maximum absolute atomic E-state index is 13.0. The van der Waals surface area contributed by atoms with E-state index in [-0.39, 0.29) is 17.9 Å². The van der Waals surface area contributed by atoms with Crippen LogP contribution in [0.4, 0.5) is 0 Å². The summed E-state index contributed by atoms with van der Waals surface area (Å²) in [5.74, 6) is 3.76. The molecule has 1 aromatic rings. The highest BCUT2D eigenvalue weighted by atomic mass is 16.3. The summed E-state index contributed by atoms with van der Waals surface area (Å²) in [5, 5.41) is 3.44. The lowest BCUT2D eigenvalue weighted by Crippen LogP contribution is -2.60. The molecule has 6 heteroatoms. The van der Waals surface area contributed by atoms with Gasteiger partial charge in [-0.1, -0.05) is 0 Å². The van der Waals surface area contributed by atoms with Crippen molar-refractivity contribution in [3.63, 3.8) is 0 Å². The Labute approximate surface area is 166 Å². The summed E-state index contributed by atoms with van der Waals surface area (Å²) in [7, 11) is 0. The number of hydrogen-bond donors (Lipinski definition) is 1. The quantitative estimate of drug-likeness (QED) is 0.864. The van der Waals surface area contributed by atoms with E-state index >= 15 is 0 Å². The zero-order valence-electron chi connectivity index (χ0n) is 16.7. The highest BCUT2D eigenvalue weighted by Gasteiger charge is 2.49. The molecule has 4 bridgehead atoms. The molecule has 0 spiro atoms. The van der Waals surface area contributed by atoms with Crippen molar-refractivity contribution in [2.45, 2.75) is 51.1 Å². The Kier molecular flexibility index (Phi) is 4.69. The number of amides is 2. The molecule has 1 aliphatic heterocycles. The van der Waals surface area contributed by atoms with Crippen LogP contribution in [0.2, 0.25) is 0 Å². The van der Waals surface area contributed by atoms with Crippen molar-refractivity contribution in [1.29, 1.82) is 0 Å². The number of nitrogens with one attached hydrogen (secondary N) is 1. The van der Waals surface area contributed by atoms with Gasteiger partial charge in [-0.3, -0.25) is 14.5 Å². The fourth-order valence-electron chi connectivity index (χ4n) is 6.48. The van der Waals surface area contributed by atoms with Gasteiger partial charge in [-0.05, 0) is 74.8 Å². The van der Waals surface area contributed by atoms with Gasteiger partial charge in [0, 0.05) is 32.2 Å². The third-order valence-electron chi connectivity index (χ3n) is 7.80. The van der Waals surface area contributed by atoms with Crippen molar-refractivity contribution in [2.75, 3.05) is 26.2 Å². The monoisotopic (exact) mass is 385 g/mol. The van der Waals surface area contributed by atoms with Gasteiger partial charge in [-0.2, -0.15) is 0 Å². The predicted molar refractivity (Wildman–Crippen MR) is 105 cm³/mol. The lowest BCUT2D eigenvalue weighted by Gasteiger charge is -2.54. The molecule has 5 aliphatic rings. The largest absolute Gasteiger partial charge is 0.459 e. The number of hydrogen-bond acceptors (Lipinski definition) is 4. The third kappa shape index (κ3) is 3.25. The van der Waals surface area contributed by atoms with Gasteiger partial charge in [0.25, 0.3) is 5.91 Å². The van der Waals surface area contributed by atoms with Crippen molar-refractivity contribution in [2.24, 2.45) is 23.7 Å². The Balaban J connectivity index is 1.14. The molecule has 4 aliphatic carbocycles. The molecule has 5 fully saturated rings. The van der Waals surface area contributed by atoms with Crippen LogP contribution < -0.4 is 5.32 Å². The summed E-state index contributed by atoms with van der Waals surface area (Å²) in [6, 6.07) is 3.69. The van der Waals surface area contributed by atoms with Crippen LogP contribution in [-0.2, 0) is 4.79 Å². The van der Waals surface area contributed by atoms with Gasteiger partial charge in [0.15, 0.2) is 5.76 Å². The predicted octanol–water partition coefficient (Wildman–Crippen LogP) is 2.37. The first-order valence-corrected chi connectivity index (χ1v) is 11.0. The molecule has 28 heavy (non-hydrogen) atoms. The van der Waals surface area contributed by atoms with Crippen molar-refractivity contribution in [3.8, 4) is 0 Å². The molecular weight excluding hydrogens is 354 g/mol. The number of furan rings is 1. The summed E-state index contributed by atoms with van der Waals surface area (Å²) in [4.78, 5) is 29.4. The molecule has 1 atom stereocenters. The molecule has 4 saturated carbocycles. The number of nitrogens with zero attached hydrogens (tertiary/aromatic N) is 2. The SMILES string of the molecule is CC(C(=O)NC1C2CC3CC(C2)CC1C3)N1CCN(C(=O)c2ccco2)CC1. The summed E-state index contributed by atoms with van der Waals surface area (Å²) >= 11 is 0. The first-order valence-electron chi connectivity index (χ1n) is 11.0. The minimum Gasteiger partial charge on any atom is -0.459 e. The average molecular weight is 386 g/mol. The van der Waals surface area contributed by atoms with Crippen molar-refractivity contribution in [1.82, 2.24) is 15.1 Å². The van der Waals surface area contributed by atoms with E-state index in [0.717, 1.165) is 24.9 Å². The van der Waals surface area contributed by atoms with E-state index in [1.165, 1.54) is 38.4 Å². The minimum atomic E-state index is -0.141. The van der Waals surface area contributed by atoms with E-state index in [0.29, 0.717) is 36.7 Å². The fraction of sp³-hybridized carbons (Fsp3) is 0.727. The van der Waals surface area contributed by atoms with E-state index < -0.39 is 0 Å². The van der Waals surface area contributed by atoms with Crippen molar-refractivity contribution >= 4 is 11.8 Å². The van der Waals surface area contributed by atoms with Gasteiger partial charge in [0.05, 0.1) is 12.3 Å². The van der Waals surface area contributed by atoms with Gasteiger partial charge < -0.3 is 14.6 Å². The second-order valence-corrected chi connectivity index (χ2v) is 9.45. The molecule has 0 aromatic carbocycles. The maximum atomic E-state index is 13.0. The van der Waals surface area contributed by atoms with Gasteiger partial charge in [0.2, 0.25) is 5.91 Å². The Morgan fingerprint density at radius 2 is 1.68 bits per heavy atom. The summed E-state index contributed by atoms with van der Waals surface area (Å²) < 4.78 is 5.22. The number of carbonyl (C=O) groups is 2. The van der Waals surface area contributed by atoms with Crippen LogP contribution in [0.5, 0.6) is 0 Å². The Morgan fingerprint density at radius 3 is 2.25 bits per heavy atom. The molecule has 6 nitrogen and oxygen atoms in total. The van der Waals surface area contributed by atoms with E-state index in [9.17, 15) is 9.59 Å². The third-order valence-corrected chi connectivity index (χ3v) is 7.80. The van der Waals surface area contributed by atoms with E-state index in [2.05, 4.69) is 10.2 Å². The fourth-order valence-corrected chi connectivity index (χ4v) is 6.48. The number of carbonyl (C=O) groups excluding carboxylic acids is 2. The maximum Gasteiger partial charge on any atom is 0.289 e. The Hall–Kier alpha value is -1.82. The summed E-state index contributed by atoms with van der Waals surface area (Å²) in [5.41, 5.74) is 0. The second kappa shape index (κ2) is 7.21. The van der Waals surface area contributed by atoms with Gasteiger partial charge in [0.1, 0.15) is 0 Å². The molecule has 1 N–H and O–H groups in total. The second-order valence-electron chi connectivity index (χ2n) is 9.45. The Bertz CT molecular complexity index is 695. The van der Waals surface area contributed by atoms with Crippen molar-refractivity contribution in [3.05, 3.63) is 24.2 Å². The topological polar surface area (TPSA) is 65.8 Å². The Morgan fingerprint density at radius 1 is 1.04 bits per heavy atom. The number of rotatable bonds is 4. The zero-order chi connectivity index (χ0) is 19.3. The molecule has 1 aromatic heterocycles. The van der Waals surface area contributed by atoms with Crippen LogP contribution in [0.3, 0.4) is 0 Å². The normalized spacial score (nSPS) is 35.8. The molecular formula is C22H31N3O3. The molecule has 152 valence electrons. The van der Waals surface area contributed by atoms with Crippen LogP contribution in [0, 0.1) is 23.7 Å². The summed E-state index contributed by atoms with van der Waals surface area (Å²) in [6.45, 7) is 4.73. The van der Waals surface area contributed by atoms with Gasteiger partial charge in [-0.15, -0.1) is 0 Å². The van der Waals surface area contributed by atoms with Crippen LogP contribution in [-0.4, -0.2) is 59.9 Å². The molecule has 1 saturated heterocycles. The average Bonchev–Trinajstić information content (AvgIpc) is 3.24. The molecule has 1 unspecified atom stereocenters. The van der Waals surface area contributed by atoms with Crippen LogP contribution >= 0.6 is 0 Å². The lowest BCUT2D eigenvalue weighted by atomic mass is 9.54. The lowest BCUT2D eigenvalue weighted by molar-refractivity contribution is -0.130. The van der Waals surface area contributed by atoms with Crippen molar-refractivity contribution < 1.29 is 14.0 Å². The van der Waals surface area contributed by atoms with E-state index in [1.54, 1.807) is 12.1 Å². The molecule has 6 rings (SSSR count). The molecule has 2 heterocycles. The smallest absolute Gasteiger partial charge is 0.289 e. The van der Waals surface area contributed by atoms with Crippen LogP contribution in [0.1, 0.15) is 49.6 Å². The van der Waals surface area contributed by atoms with E-state index in [1.807, 2.05) is 11.8 Å². The first-order chi connectivity index (χ1) is 13.6.